The molecular weight excluding hydrogens is 348 g/mol. The number of anilines is 1. The second-order valence-electron chi connectivity index (χ2n) is 6.08. The van der Waals surface area contributed by atoms with Crippen LogP contribution in [-0.2, 0) is 34.1 Å². The Balaban J connectivity index is 1.92. The molecule has 2 N–H and O–H groups in total. The molecule has 2 aromatic carbocycles. The van der Waals surface area contributed by atoms with Crippen molar-refractivity contribution in [2.75, 3.05) is 17.6 Å². The molecule has 6 heteroatoms. The van der Waals surface area contributed by atoms with E-state index in [2.05, 4.69) is 10.0 Å². The summed E-state index contributed by atoms with van der Waals surface area (Å²) < 4.78 is 26.6. The van der Waals surface area contributed by atoms with Crippen molar-refractivity contribution in [1.29, 1.82) is 0 Å². The lowest BCUT2D eigenvalue weighted by atomic mass is 10.0. The van der Waals surface area contributed by atoms with Gasteiger partial charge >= 0.3 is 0 Å². The van der Waals surface area contributed by atoms with Crippen molar-refractivity contribution in [3.63, 3.8) is 0 Å². The number of para-hydroxylation sites is 1. The molecule has 1 amide bonds. The molecule has 2 aromatic rings. The van der Waals surface area contributed by atoms with Gasteiger partial charge < -0.3 is 5.32 Å². The van der Waals surface area contributed by atoms with E-state index in [1.54, 1.807) is 0 Å². The van der Waals surface area contributed by atoms with E-state index in [9.17, 15) is 13.2 Å². The fourth-order valence-corrected chi connectivity index (χ4v) is 3.73. The van der Waals surface area contributed by atoms with Crippen LogP contribution >= 0.6 is 0 Å². The average Bonchev–Trinajstić information content (AvgIpc) is 2.66. The number of sulfonamides is 1. The monoisotopic (exact) mass is 374 g/mol. The highest BCUT2D eigenvalue weighted by Crippen LogP contribution is 2.22. The van der Waals surface area contributed by atoms with E-state index in [1.165, 1.54) is 0 Å². The first-order valence-corrected chi connectivity index (χ1v) is 10.5. The zero-order valence-corrected chi connectivity index (χ0v) is 16.1. The second kappa shape index (κ2) is 9.50. The molecule has 0 fully saturated rings. The van der Waals surface area contributed by atoms with Crippen LogP contribution in [0.4, 0.5) is 5.69 Å². The summed E-state index contributed by atoms with van der Waals surface area (Å²) in [6, 6.07) is 15.3. The van der Waals surface area contributed by atoms with E-state index >= 15 is 0 Å². The van der Waals surface area contributed by atoms with E-state index in [1.807, 2.05) is 62.4 Å². The maximum atomic E-state index is 12.2. The maximum Gasteiger partial charge on any atom is 0.239 e. The van der Waals surface area contributed by atoms with Gasteiger partial charge in [0.25, 0.3) is 0 Å². The minimum Gasteiger partial charge on any atom is -0.324 e. The number of nitrogens with one attached hydrogen (secondary N) is 2. The zero-order valence-electron chi connectivity index (χ0n) is 15.3. The summed E-state index contributed by atoms with van der Waals surface area (Å²) >= 11 is 0. The lowest BCUT2D eigenvalue weighted by molar-refractivity contribution is -0.115. The fourth-order valence-electron chi connectivity index (χ4n) is 2.73. The van der Waals surface area contributed by atoms with Gasteiger partial charge in [0.2, 0.25) is 15.9 Å². The van der Waals surface area contributed by atoms with E-state index in [0.29, 0.717) is 6.42 Å². The van der Waals surface area contributed by atoms with Gasteiger partial charge in [0.05, 0.1) is 12.3 Å². The Labute approximate surface area is 155 Å². The van der Waals surface area contributed by atoms with Crippen LogP contribution in [0.25, 0.3) is 0 Å². The molecule has 0 heterocycles. The highest BCUT2D eigenvalue weighted by atomic mass is 32.2. The molecule has 0 atom stereocenters. The van der Waals surface area contributed by atoms with Gasteiger partial charge in [-0.05, 0) is 36.0 Å². The molecule has 0 aliphatic carbocycles. The summed E-state index contributed by atoms with van der Waals surface area (Å²) in [4.78, 5) is 12.2. The van der Waals surface area contributed by atoms with Gasteiger partial charge in [0, 0.05) is 5.69 Å². The van der Waals surface area contributed by atoms with Crippen LogP contribution in [-0.4, -0.2) is 26.6 Å². The molecule has 0 aromatic heterocycles. The molecule has 0 aliphatic heterocycles. The minimum absolute atomic E-state index is 0.0456. The Morgan fingerprint density at radius 2 is 1.54 bits per heavy atom. The van der Waals surface area contributed by atoms with E-state index in [-0.39, 0.29) is 18.2 Å². The van der Waals surface area contributed by atoms with Gasteiger partial charge in [-0.3, -0.25) is 4.79 Å². The molecule has 140 valence electrons. The first kappa shape index (κ1) is 20.1. The summed E-state index contributed by atoms with van der Waals surface area (Å²) in [5, 5.41) is 2.86. The van der Waals surface area contributed by atoms with Crippen molar-refractivity contribution in [2.24, 2.45) is 0 Å². The molecule has 0 radical (unpaired) electrons. The van der Waals surface area contributed by atoms with Crippen LogP contribution in [0.1, 0.15) is 30.5 Å². The molecule has 0 aliphatic rings. The van der Waals surface area contributed by atoms with E-state index in [0.717, 1.165) is 35.2 Å². The summed E-state index contributed by atoms with van der Waals surface area (Å²) in [6.07, 6.45) is 2.01. The van der Waals surface area contributed by atoms with Gasteiger partial charge in [-0.2, -0.15) is 0 Å². The molecule has 0 unspecified atom stereocenters. The first-order valence-electron chi connectivity index (χ1n) is 8.87. The van der Waals surface area contributed by atoms with Crippen LogP contribution in [0.2, 0.25) is 0 Å². The second-order valence-corrected chi connectivity index (χ2v) is 8.01. The van der Waals surface area contributed by atoms with Crippen molar-refractivity contribution < 1.29 is 13.2 Å². The van der Waals surface area contributed by atoms with Gasteiger partial charge in [-0.1, -0.05) is 62.4 Å². The Hall–Kier alpha value is -2.18. The number of carbonyl (C=O) groups excluding carboxylic acids is 1. The highest BCUT2D eigenvalue weighted by molar-refractivity contribution is 7.89. The molecular formula is C20H26N2O3S. The predicted octanol–water partition coefficient (Wildman–Crippen LogP) is 2.91. The van der Waals surface area contributed by atoms with Gasteiger partial charge in [-0.15, -0.1) is 0 Å². The van der Waals surface area contributed by atoms with Crippen LogP contribution in [0, 0.1) is 0 Å². The van der Waals surface area contributed by atoms with Crippen LogP contribution in [0.5, 0.6) is 0 Å². The molecule has 0 saturated carbocycles. The normalized spacial score (nSPS) is 11.3. The number of benzene rings is 2. The number of hydrogen-bond acceptors (Lipinski definition) is 3. The SMILES string of the molecule is CCc1cccc(CC)c1NC(=O)CNS(=O)(=O)CCc1ccccc1. The molecule has 5 nitrogen and oxygen atoms in total. The summed E-state index contributed by atoms with van der Waals surface area (Å²) in [5.41, 5.74) is 3.84. The van der Waals surface area contributed by atoms with Gasteiger partial charge in [0.1, 0.15) is 0 Å². The number of aryl methyl sites for hydroxylation is 3. The van der Waals surface area contributed by atoms with Crippen molar-refractivity contribution in [2.45, 2.75) is 33.1 Å². The standard InChI is InChI=1S/C20H26N2O3S/c1-3-17-11-8-12-18(4-2)20(17)22-19(23)15-21-26(24,25)14-13-16-9-6-5-7-10-16/h5-12,21H,3-4,13-15H2,1-2H3,(H,22,23). The third kappa shape index (κ3) is 5.97. The topological polar surface area (TPSA) is 75.3 Å². The van der Waals surface area contributed by atoms with Crippen molar-refractivity contribution in [1.82, 2.24) is 4.72 Å². The lowest BCUT2D eigenvalue weighted by Gasteiger charge is -2.14. The average molecular weight is 375 g/mol. The van der Waals surface area contributed by atoms with Gasteiger partial charge in [-0.25, -0.2) is 13.1 Å². The Kier molecular flexibility index (Phi) is 7.36. The number of amides is 1. The number of rotatable bonds is 9. The zero-order chi connectivity index (χ0) is 19.0. The molecule has 0 bridgehead atoms. The molecule has 0 saturated heterocycles. The van der Waals surface area contributed by atoms with E-state index in [4.69, 9.17) is 0 Å². The molecule has 26 heavy (non-hydrogen) atoms. The highest BCUT2D eigenvalue weighted by Gasteiger charge is 2.14. The molecule has 0 spiro atoms. The predicted molar refractivity (Wildman–Crippen MR) is 106 cm³/mol. The quantitative estimate of drug-likeness (QED) is 0.709. The third-order valence-corrected chi connectivity index (χ3v) is 5.54. The van der Waals surface area contributed by atoms with Gasteiger partial charge in [0.15, 0.2) is 0 Å². The smallest absolute Gasteiger partial charge is 0.239 e. The third-order valence-electron chi connectivity index (χ3n) is 4.22. The van der Waals surface area contributed by atoms with Crippen LogP contribution in [0.3, 0.4) is 0 Å². The summed E-state index contributed by atoms with van der Waals surface area (Å²) in [5.74, 6) is -0.403. The van der Waals surface area contributed by atoms with E-state index < -0.39 is 10.0 Å². The maximum absolute atomic E-state index is 12.2. The number of carbonyl (C=O) groups is 1. The minimum atomic E-state index is -3.51. The number of hydrogen-bond donors (Lipinski definition) is 2. The van der Waals surface area contributed by atoms with Crippen LogP contribution < -0.4 is 10.0 Å². The van der Waals surface area contributed by atoms with Crippen molar-refractivity contribution >= 4 is 21.6 Å². The summed E-state index contributed by atoms with van der Waals surface area (Å²) in [6.45, 7) is 3.78. The first-order chi connectivity index (χ1) is 12.4. The lowest BCUT2D eigenvalue weighted by Crippen LogP contribution is -2.35. The Bertz CT molecular complexity index is 811. The Morgan fingerprint density at radius 1 is 0.923 bits per heavy atom. The fraction of sp³-hybridized carbons (Fsp3) is 0.350. The Morgan fingerprint density at radius 3 is 2.12 bits per heavy atom. The largest absolute Gasteiger partial charge is 0.324 e. The summed E-state index contributed by atoms with van der Waals surface area (Å²) in [7, 11) is -3.51. The van der Waals surface area contributed by atoms with Crippen molar-refractivity contribution in [3.8, 4) is 0 Å². The molecule has 2 rings (SSSR count). The van der Waals surface area contributed by atoms with Crippen molar-refractivity contribution in [3.05, 3.63) is 65.2 Å². The van der Waals surface area contributed by atoms with Crippen LogP contribution in [0.15, 0.2) is 48.5 Å².